The van der Waals surface area contributed by atoms with Crippen molar-refractivity contribution in [3.8, 4) is 0 Å². The van der Waals surface area contributed by atoms with E-state index >= 15 is 0 Å². The molecule has 0 saturated carbocycles. The van der Waals surface area contributed by atoms with Gasteiger partial charge in [0.15, 0.2) is 0 Å². The van der Waals surface area contributed by atoms with Crippen LogP contribution in [0, 0.1) is 5.92 Å². The minimum absolute atomic E-state index is 0.331. The van der Waals surface area contributed by atoms with Gasteiger partial charge in [0, 0.05) is 25.6 Å². The Morgan fingerprint density at radius 3 is 3.00 bits per heavy atom. The SMILES string of the molecule is CCCC1CC(N2CCCC(CC(=O)O)C2)CCO1. The summed E-state index contributed by atoms with van der Waals surface area (Å²) in [5.41, 5.74) is 0. The predicted octanol–water partition coefficient (Wildman–Crippen LogP) is 2.52. The highest BCUT2D eigenvalue weighted by molar-refractivity contribution is 5.67. The average molecular weight is 269 g/mol. The van der Waals surface area contributed by atoms with Gasteiger partial charge in [-0.1, -0.05) is 13.3 Å². The van der Waals surface area contributed by atoms with E-state index in [0.29, 0.717) is 24.5 Å². The van der Waals surface area contributed by atoms with Gasteiger partial charge in [-0.2, -0.15) is 0 Å². The molecule has 2 aliphatic rings. The Bertz CT molecular complexity index is 293. The summed E-state index contributed by atoms with van der Waals surface area (Å²) in [7, 11) is 0. The molecule has 0 aromatic carbocycles. The first-order valence-corrected chi connectivity index (χ1v) is 7.76. The van der Waals surface area contributed by atoms with Crippen molar-refractivity contribution in [1.29, 1.82) is 0 Å². The molecule has 2 aliphatic heterocycles. The normalized spacial score (nSPS) is 33.2. The summed E-state index contributed by atoms with van der Waals surface area (Å²) in [6.45, 7) is 5.18. The predicted molar refractivity (Wildman–Crippen MR) is 74.2 cm³/mol. The topological polar surface area (TPSA) is 49.8 Å². The van der Waals surface area contributed by atoms with Crippen molar-refractivity contribution in [3.63, 3.8) is 0 Å². The third-order valence-electron chi connectivity index (χ3n) is 4.48. The van der Waals surface area contributed by atoms with Crippen LogP contribution in [0.15, 0.2) is 0 Å². The van der Waals surface area contributed by atoms with E-state index in [2.05, 4.69) is 11.8 Å². The number of nitrogens with zero attached hydrogens (tertiary/aromatic N) is 1. The largest absolute Gasteiger partial charge is 0.481 e. The molecular weight excluding hydrogens is 242 g/mol. The first-order chi connectivity index (χ1) is 9.19. The summed E-state index contributed by atoms with van der Waals surface area (Å²) in [6, 6.07) is 0.613. The molecule has 4 heteroatoms. The summed E-state index contributed by atoms with van der Waals surface area (Å²) in [5.74, 6) is -0.304. The van der Waals surface area contributed by atoms with E-state index in [1.54, 1.807) is 0 Å². The molecule has 2 rings (SSSR count). The first-order valence-electron chi connectivity index (χ1n) is 7.76. The van der Waals surface area contributed by atoms with Gasteiger partial charge < -0.3 is 9.84 Å². The highest BCUT2D eigenvalue weighted by Crippen LogP contribution is 2.27. The van der Waals surface area contributed by atoms with E-state index in [9.17, 15) is 4.79 Å². The molecule has 0 bridgehead atoms. The van der Waals surface area contributed by atoms with Crippen molar-refractivity contribution in [3.05, 3.63) is 0 Å². The third-order valence-corrected chi connectivity index (χ3v) is 4.48. The fraction of sp³-hybridized carbons (Fsp3) is 0.933. The monoisotopic (exact) mass is 269 g/mol. The molecule has 19 heavy (non-hydrogen) atoms. The Kier molecular flexibility index (Phi) is 5.64. The Morgan fingerprint density at radius 2 is 2.26 bits per heavy atom. The zero-order chi connectivity index (χ0) is 13.7. The van der Waals surface area contributed by atoms with E-state index in [0.717, 1.165) is 51.8 Å². The number of likely N-dealkylation sites (tertiary alicyclic amines) is 1. The van der Waals surface area contributed by atoms with Crippen molar-refractivity contribution in [2.24, 2.45) is 5.92 Å². The Balaban J connectivity index is 1.84. The van der Waals surface area contributed by atoms with Gasteiger partial charge in [-0.3, -0.25) is 9.69 Å². The van der Waals surface area contributed by atoms with Crippen LogP contribution in [0.1, 0.15) is 51.9 Å². The van der Waals surface area contributed by atoms with Gasteiger partial charge in [0.05, 0.1) is 6.10 Å². The van der Waals surface area contributed by atoms with E-state index in [-0.39, 0.29) is 0 Å². The van der Waals surface area contributed by atoms with Gasteiger partial charge >= 0.3 is 5.97 Å². The molecule has 1 N–H and O–H groups in total. The minimum atomic E-state index is -0.650. The van der Waals surface area contributed by atoms with Gasteiger partial charge in [-0.05, 0) is 44.6 Å². The molecule has 0 aromatic rings. The standard InChI is InChI=1S/C15H27NO3/c1-2-4-14-10-13(6-8-19-14)16-7-3-5-12(11-16)9-15(17)18/h12-14H,2-11H2,1H3,(H,17,18). The summed E-state index contributed by atoms with van der Waals surface area (Å²) >= 11 is 0. The second-order valence-electron chi connectivity index (χ2n) is 6.06. The number of hydrogen-bond acceptors (Lipinski definition) is 3. The van der Waals surface area contributed by atoms with Crippen LogP contribution in [0.3, 0.4) is 0 Å². The molecule has 0 spiro atoms. The Hall–Kier alpha value is -0.610. The van der Waals surface area contributed by atoms with E-state index in [1.807, 2.05) is 0 Å². The lowest BCUT2D eigenvalue weighted by molar-refractivity contribution is -0.138. The molecule has 4 nitrogen and oxygen atoms in total. The van der Waals surface area contributed by atoms with Gasteiger partial charge in [0.2, 0.25) is 0 Å². The lowest BCUT2D eigenvalue weighted by Gasteiger charge is -2.41. The number of carbonyl (C=O) groups is 1. The summed E-state index contributed by atoms with van der Waals surface area (Å²) in [5, 5.41) is 8.94. The molecular formula is C15H27NO3. The van der Waals surface area contributed by atoms with Crippen LogP contribution in [-0.2, 0) is 9.53 Å². The molecule has 0 radical (unpaired) electrons. The van der Waals surface area contributed by atoms with Crippen molar-refractivity contribution in [1.82, 2.24) is 4.90 Å². The molecule has 0 aromatic heterocycles. The van der Waals surface area contributed by atoms with Crippen LogP contribution in [-0.4, -0.2) is 47.8 Å². The second kappa shape index (κ2) is 7.25. The Labute approximate surface area is 116 Å². The molecule has 2 fully saturated rings. The fourth-order valence-corrected chi connectivity index (χ4v) is 3.56. The maximum absolute atomic E-state index is 10.8. The number of hydrogen-bond donors (Lipinski definition) is 1. The number of carboxylic acid groups (broad SMARTS) is 1. The number of piperidine rings is 1. The van der Waals surface area contributed by atoms with Crippen molar-refractivity contribution >= 4 is 5.97 Å². The maximum Gasteiger partial charge on any atom is 0.303 e. The molecule has 3 atom stereocenters. The van der Waals surface area contributed by atoms with Crippen molar-refractivity contribution < 1.29 is 14.6 Å². The second-order valence-corrected chi connectivity index (χ2v) is 6.06. The van der Waals surface area contributed by atoms with Gasteiger partial charge in [-0.25, -0.2) is 0 Å². The molecule has 2 saturated heterocycles. The van der Waals surface area contributed by atoms with Crippen LogP contribution >= 0.6 is 0 Å². The first kappa shape index (κ1) is 14.8. The average Bonchev–Trinajstić information content (AvgIpc) is 2.39. The lowest BCUT2D eigenvalue weighted by atomic mass is 9.91. The van der Waals surface area contributed by atoms with Gasteiger partial charge in [-0.15, -0.1) is 0 Å². The van der Waals surface area contributed by atoms with E-state index < -0.39 is 5.97 Å². The summed E-state index contributed by atoms with van der Waals surface area (Å²) in [6.07, 6.45) is 7.55. The van der Waals surface area contributed by atoms with E-state index in [1.165, 1.54) is 6.42 Å². The van der Waals surface area contributed by atoms with E-state index in [4.69, 9.17) is 9.84 Å². The van der Waals surface area contributed by atoms with Crippen molar-refractivity contribution in [2.45, 2.75) is 64.0 Å². The van der Waals surface area contributed by atoms with Crippen LogP contribution in [0.5, 0.6) is 0 Å². The van der Waals surface area contributed by atoms with Crippen LogP contribution < -0.4 is 0 Å². The molecule has 2 heterocycles. The third kappa shape index (κ3) is 4.46. The highest BCUT2D eigenvalue weighted by atomic mass is 16.5. The number of carboxylic acids is 1. The molecule has 0 aliphatic carbocycles. The molecule has 110 valence electrons. The van der Waals surface area contributed by atoms with Gasteiger partial charge in [0.25, 0.3) is 0 Å². The lowest BCUT2D eigenvalue weighted by Crippen LogP contribution is -2.47. The fourth-order valence-electron chi connectivity index (χ4n) is 3.56. The summed E-state index contributed by atoms with van der Waals surface area (Å²) in [4.78, 5) is 13.4. The highest BCUT2D eigenvalue weighted by Gasteiger charge is 2.30. The smallest absolute Gasteiger partial charge is 0.303 e. The number of aliphatic carboxylic acids is 1. The zero-order valence-corrected chi connectivity index (χ0v) is 12.0. The Morgan fingerprint density at radius 1 is 1.42 bits per heavy atom. The van der Waals surface area contributed by atoms with Crippen LogP contribution in [0.25, 0.3) is 0 Å². The van der Waals surface area contributed by atoms with Crippen LogP contribution in [0.4, 0.5) is 0 Å². The van der Waals surface area contributed by atoms with Gasteiger partial charge in [0.1, 0.15) is 0 Å². The minimum Gasteiger partial charge on any atom is -0.481 e. The quantitative estimate of drug-likeness (QED) is 0.833. The number of ether oxygens (including phenoxy) is 1. The zero-order valence-electron chi connectivity index (χ0n) is 12.0. The summed E-state index contributed by atoms with van der Waals surface area (Å²) < 4.78 is 5.81. The number of rotatable bonds is 5. The van der Waals surface area contributed by atoms with Crippen LogP contribution in [0.2, 0.25) is 0 Å². The molecule has 0 amide bonds. The molecule has 3 unspecified atom stereocenters. The maximum atomic E-state index is 10.8. The van der Waals surface area contributed by atoms with Crippen molar-refractivity contribution in [2.75, 3.05) is 19.7 Å².